The molecule has 0 bridgehead atoms. The van der Waals surface area contributed by atoms with Crippen LogP contribution < -0.4 is 4.74 Å². The van der Waals surface area contributed by atoms with Crippen LogP contribution in [0.1, 0.15) is 17.7 Å². The molecule has 2 aromatic rings. The summed E-state index contributed by atoms with van der Waals surface area (Å²) in [5, 5.41) is 1.22. The largest absolute Gasteiger partial charge is 0.476 e. The van der Waals surface area contributed by atoms with Crippen molar-refractivity contribution in [2.75, 3.05) is 26.2 Å². The third kappa shape index (κ3) is 2.99. The highest BCUT2D eigenvalue weighted by Crippen LogP contribution is 2.30. The van der Waals surface area contributed by atoms with Crippen LogP contribution in [0.3, 0.4) is 0 Å². The Bertz CT molecular complexity index is 581. The van der Waals surface area contributed by atoms with E-state index in [2.05, 4.69) is 20.9 Å². The van der Waals surface area contributed by atoms with E-state index in [1.54, 1.807) is 11.3 Å². The van der Waals surface area contributed by atoms with Gasteiger partial charge in [-0.3, -0.25) is 4.90 Å². The predicted octanol–water partition coefficient (Wildman–Crippen LogP) is 3.13. The van der Waals surface area contributed by atoms with Crippen LogP contribution in [0.15, 0.2) is 6.07 Å². The average molecular weight is 298 g/mol. The lowest BCUT2D eigenvalue weighted by Gasteiger charge is -2.14. The lowest BCUT2D eigenvalue weighted by molar-refractivity contribution is 0.234. The molecule has 3 rings (SSSR count). The van der Waals surface area contributed by atoms with Crippen LogP contribution in [0.2, 0.25) is 5.28 Å². The first-order chi connectivity index (χ1) is 9.22. The number of hydrogen-bond donors (Lipinski definition) is 0. The van der Waals surface area contributed by atoms with Gasteiger partial charge in [-0.1, -0.05) is 0 Å². The van der Waals surface area contributed by atoms with Crippen molar-refractivity contribution in [3.8, 4) is 5.88 Å². The van der Waals surface area contributed by atoms with Gasteiger partial charge in [0.05, 0.1) is 5.39 Å². The van der Waals surface area contributed by atoms with Gasteiger partial charge in [0.15, 0.2) is 0 Å². The van der Waals surface area contributed by atoms with Gasteiger partial charge in [-0.15, -0.1) is 11.3 Å². The number of thiophene rings is 1. The molecular formula is C13H16ClN3OS. The molecule has 4 nitrogen and oxygen atoms in total. The number of hydrogen-bond acceptors (Lipinski definition) is 5. The van der Waals surface area contributed by atoms with Crippen molar-refractivity contribution in [2.24, 2.45) is 0 Å². The molecule has 1 fully saturated rings. The Balaban J connectivity index is 1.72. The van der Waals surface area contributed by atoms with E-state index in [1.807, 2.05) is 6.92 Å². The Morgan fingerprint density at radius 2 is 2.16 bits per heavy atom. The minimum Gasteiger partial charge on any atom is -0.476 e. The molecule has 1 aliphatic heterocycles. The second-order valence-corrected chi connectivity index (χ2v) is 6.34. The molecule has 0 N–H and O–H groups in total. The van der Waals surface area contributed by atoms with Gasteiger partial charge in [0.25, 0.3) is 0 Å². The van der Waals surface area contributed by atoms with E-state index >= 15 is 0 Å². The number of aryl methyl sites for hydroxylation is 1. The monoisotopic (exact) mass is 297 g/mol. The molecule has 0 unspecified atom stereocenters. The first-order valence-corrected chi connectivity index (χ1v) is 7.70. The SMILES string of the molecule is Cc1cc2c(OCCN3CCCC3)nc(Cl)nc2s1. The molecule has 2 aromatic heterocycles. The van der Waals surface area contributed by atoms with Crippen LogP contribution in [0.4, 0.5) is 0 Å². The Morgan fingerprint density at radius 3 is 2.95 bits per heavy atom. The van der Waals surface area contributed by atoms with Crippen molar-refractivity contribution in [3.05, 3.63) is 16.2 Å². The molecule has 102 valence electrons. The van der Waals surface area contributed by atoms with E-state index in [4.69, 9.17) is 16.3 Å². The number of nitrogens with zero attached hydrogens (tertiary/aromatic N) is 3. The maximum atomic E-state index is 5.93. The van der Waals surface area contributed by atoms with Crippen LogP contribution >= 0.6 is 22.9 Å². The van der Waals surface area contributed by atoms with Gasteiger partial charge in [0.1, 0.15) is 11.4 Å². The molecule has 1 saturated heterocycles. The first kappa shape index (κ1) is 13.1. The van der Waals surface area contributed by atoms with Crippen LogP contribution in [0, 0.1) is 6.92 Å². The van der Waals surface area contributed by atoms with Gasteiger partial charge < -0.3 is 4.74 Å². The average Bonchev–Trinajstić information content (AvgIpc) is 2.97. The summed E-state index contributed by atoms with van der Waals surface area (Å²) in [6.07, 6.45) is 2.60. The Labute approximate surface area is 121 Å². The van der Waals surface area contributed by atoms with Crippen molar-refractivity contribution in [2.45, 2.75) is 19.8 Å². The molecule has 0 aliphatic carbocycles. The highest BCUT2D eigenvalue weighted by molar-refractivity contribution is 7.18. The Kier molecular flexibility index (Phi) is 3.86. The third-order valence-corrected chi connectivity index (χ3v) is 4.41. The molecule has 0 spiro atoms. The molecular weight excluding hydrogens is 282 g/mol. The zero-order chi connectivity index (χ0) is 13.2. The van der Waals surface area contributed by atoms with E-state index in [1.165, 1.54) is 30.8 Å². The number of ether oxygens (including phenoxy) is 1. The summed E-state index contributed by atoms with van der Waals surface area (Å²) in [5.41, 5.74) is 0. The standard InChI is InChI=1S/C13H16ClN3OS/c1-9-8-10-11(15-13(14)16-12(10)19-9)18-7-6-17-4-2-3-5-17/h8H,2-7H2,1H3. The summed E-state index contributed by atoms with van der Waals surface area (Å²) < 4.78 is 5.80. The van der Waals surface area contributed by atoms with Gasteiger partial charge in [-0.05, 0) is 50.5 Å². The zero-order valence-electron chi connectivity index (χ0n) is 10.9. The first-order valence-electron chi connectivity index (χ1n) is 6.51. The van der Waals surface area contributed by atoms with Crippen molar-refractivity contribution in [1.29, 1.82) is 0 Å². The molecule has 0 radical (unpaired) electrons. The Morgan fingerprint density at radius 1 is 1.37 bits per heavy atom. The fourth-order valence-corrected chi connectivity index (χ4v) is 3.46. The minimum atomic E-state index is 0.255. The summed E-state index contributed by atoms with van der Waals surface area (Å²) >= 11 is 7.55. The van der Waals surface area contributed by atoms with Crippen LogP contribution in [0.25, 0.3) is 10.2 Å². The van der Waals surface area contributed by atoms with Gasteiger partial charge in [0, 0.05) is 11.4 Å². The van der Waals surface area contributed by atoms with Crippen molar-refractivity contribution >= 4 is 33.2 Å². The van der Waals surface area contributed by atoms with E-state index in [0.717, 1.165) is 16.8 Å². The van der Waals surface area contributed by atoms with E-state index in [9.17, 15) is 0 Å². The summed E-state index contributed by atoms with van der Waals surface area (Å²) in [4.78, 5) is 12.9. The molecule has 0 amide bonds. The van der Waals surface area contributed by atoms with E-state index < -0.39 is 0 Å². The number of likely N-dealkylation sites (tertiary alicyclic amines) is 1. The van der Waals surface area contributed by atoms with Gasteiger partial charge in [-0.25, -0.2) is 4.98 Å². The maximum Gasteiger partial charge on any atom is 0.227 e. The lowest BCUT2D eigenvalue weighted by Crippen LogP contribution is -2.25. The molecule has 0 saturated carbocycles. The second-order valence-electron chi connectivity index (χ2n) is 4.77. The number of rotatable bonds is 4. The van der Waals surface area contributed by atoms with Crippen molar-refractivity contribution < 1.29 is 4.74 Å². The second kappa shape index (κ2) is 5.61. The quantitative estimate of drug-likeness (QED) is 0.813. The minimum absolute atomic E-state index is 0.255. The molecule has 0 aromatic carbocycles. The fourth-order valence-electron chi connectivity index (χ4n) is 2.38. The highest BCUT2D eigenvalue weighted by Gasteiger charge is 2.13. The maximum absolute atomic E-state index is 5.93. The number of fused-ring (bicyclic) bond motifs is 1. The molecule has 0 atom stereocenters. The van der Waals surface area contributed by atoms with E-state index in [0.29, 0.717) is 12.5 Å². The predicted molar refractivity (Wildman–Crippen MR) is 78.3 cm³/mol. The lowest BCUT2D eigenvalue weighted by atomic mass is 10.3. The topological polar surface area (TPSA) is 38.2 Å². The van der Waals surface area contributed by atoms with Crippen LogP contribution in [-0.2, 0) is 0 Å². The smallest absolute Gasteiger partial charge is 0.227 e. The Hall–Kier alpha value is -0.910. The van der Waals surface area contributed by atoms with Crippen molar-refractivity contribution in [1.82, 2.24) is 14.9 Å². The number of halogens is 1. The zero-order valence-corrected chi connectivity index (χ0v) is 12.4. The fraction of sp³-hybridized carbons (Fsp3) is 0.538. The van der Waals surface area contributed by atoms with Crippen LogP contribution in [-0.4, -0.2) is 41.1 Å². The normalized spacial score (nSPS) is 16.3. The molecule has 6 heteroatoms. The molecule has 3 heterocycles. The highest BCUT2D eigenvalue weighted by atomic mass is 35.5. The molecule has 1 aliphatic rings. The van der Waals surface area contributed by atoms with Gasteiger partial charge >= 0.3 is 0 Å². The molecule has 19 heavy (non-hydrogen) atoms. The summed E-state index contributed by atoms with van der Waals surface area (Å²) in [6.45, 7) is 6.01. The summed E-state index contributed by atoms with van der Waals surface area (Å²) in [7, 11) is 0. The van der Waals surface area contributed by atoms with Crippen LogP contribution in [0.5, 0.6) is 5.88 Å². The summed E-state index contributed by atoms with van der Waals surface area (Å²) in [6, 6.07) is 2.06. The summed E-state index contributed by atoms with van der Waals surface area (Å²) in [5.74, 6) is 0.610. The van der Waals surface area contributed by atoms with Gasteiger partial charge in [-0.2, -0.15) is 4.98 Å². The van der Waals surface area contributed by atoms with E-state index in [-0.39, 0.29) is 5.28 Å². The number of aromatic nitrogens is 2. The van der Waals surface area contributed by atoms with Gasteiger partial charge in [0.2, 0.25) is 11.2 Å². The van der Waals surface area contributed by atoms with Crippen molar-refractivity contribution in [3.63, 3.8) is 0 Å². The third-order valence-electron chi connectivity index (χ3n) is 3.30.